The lowest BCUT2D eigenvalue weighted by Gasteiger charge is -2.10. The van der Waals surface area contributed by atoms with Gasteiger partial charge in [-0.3, -0.25) is 19.8 Å². The first-order chi connectivity index (χ1) is 14.5. The maximum absolute atomic E-state index is 10.8. The molecule has 3 aromatic carbocycles. The van der Waals surface area contributed by atoms with Gasteiger partial charge in [0.05, 0.1) is 17.7 Å². The van der Waals surface area contributed by atoms with Crippen molar-refractivity contribution >= 4 is 17.9 Å². The number of nitrogens with zero attached hydrogens (tertiary/aromatic N) is 3. The first-order valence-electron chi connectivity index (χ1n) is 8.90. The fourth-order valence-corrected chi connectivity index (χ4v) is 3.14. The van der Waals surface area contributed by atoms with Crippen LogP contribution in [0.1, 0.15) is 0 Å². The fraction of sp³-hybridized carbons (Fsp3) is 0.0476. The predicted molar refractivity (Wildman–Crippen MR) is 114 cm³/mol. The minimum atomic E-state index is -0.451. The topological polar surface area (TPSA) is 95.2 Å². The summed E-state index contributed by atoms with van der Waals surface area (Å²) in [5.41, 5.74) is 1.71. The van der Waals surface area contributed by atoms with Gasteiger partial charge in [-0.1, -0.05) is 0 Å². The number of nitro groups is 1. The van der Waals surface area contributed by atoms with Crippen molar-refractivity contribution in [3.8, 4) is 34.3 Å². The van der Waals surface area contributed by atoms with E-state index in [4.69, 9.17) is 21.7 Å². The molecule has 1 heterocycles. The van der Waals surface area contributed by atoms with E-state index in [1.54, 1.807) is 31.4 Å². The van der Waals surface area contributed by atoms with E-state index in [1.807, 2.05) is 41.0 Å². The second-order valence-electron chi connectivity index (χ2n) is 6.26. The summed E-state index contributed by atoms with van der Waals surface area (Å²) in [6.45, 7) is 0. The number of H-pyrrole nitrogens is 1. The third-order valence-corrected chi connectivity index (χ3v) is 4.67. The smallest absolute Gasteiger partial charge is 0.269 e. The third-order valence-electron chi connectivity index (χ3n) is 4.40. The van der Waals surface area contributed by atoms with Gasteiger partial charge >= 0.3 is 0 Å². The van der Waals surface area contributed by atoms with Crippen LogP contribution in [-0.2, 0) is 0 Å². The van der Waals surface area contributed by atoms with Crippen molar-refractivity contribution in [3.05, 3.63) is 87.7 Å². The molecule has 9 heteroatoms. The number of hydrogen-bond acceptors (Lipinski definition) is 6. The Morgan fingerprint density at radius 2 is 1.50 bits per heavy atom. The van der Waals surface area contributed by atoms with E-state index in [0.29, 0.717) is 22.1 Å². The number of ether oxygens (including phenoxy) is 2. The van der Waals surface area contributed by atoms with Gasteiger partial charge in [0.15, 0.2) is 10.6 Å². The van der Waals surface area contributed by atoms with Crippen molar-refractivity contribution in [2.75, 3.05) is 7.11 Å². The quantitative estimate of drug-likeness (QED) is 0.258. The molecule has 8 nitrogen and oxygen atoms in total. The molecule has 4 aromatic rings. The van der Waals surface area contributed by atoms with Gasteiger partial charge in [-0.05, 0) is 72.9 Å². The number of aromatic nitrogens is 3. The first-order valence-corrected chi connectivity index (χ1v) is 9.30. The van der Waals surface area contributed by atoms with Gasteiger partial charge in [0.1, 0.15) is 17.2 Å². The summed E-state index contributed by atoms with van der Waals surface area (Å²) in [5.74, 6) is 2.53. The Labute approximate surface area is 176 Å². The number of methoxy groups -OCH3 is 1. The van der Waals surface area contributed by atoms with Crippen LogP contribution in [0.4, 0.5) is 5.69 Å². The van der Waals surface area contributed by atoms with Crippen LogP contribution in [-0.4, -0.2) is 26.8 Å². The minimum absolute atomic E-state index is 0.0121. The molecule has 0 fully saturated rings. The first kappa shape index (κ1) is 19.3. The molecule has 0 amide bonds. The molecule has 0 aliphatic rings. The fourth-order valence-electron chi connectivity index (χ4n) is 2.91. The van der Waals surface area contributed by atoms with Crippen LogP contribution in [0.2, 0.25) is 0 Å². The highest BCUT2D eigenvalue weighted by Crippen LogP contribution is 2.27. The van der Waals surface area contributed by atoms with E-state index >= 15 is 0 Å². The van der Waals surface area contributed by atoms with Crippen LogP contribution < -0.4 is 9.47 Å². The van der Waals surface area contributed by atoms with E-state index in [2.05, 4.69) is 10.2 Å². The molecular weight excluding hydrogens is 404 g/mol. The molecule has 0 unspecified atom stereocenters. The van der Waals surface area contributed by atoms with E-state index in [-0.39, 0.29) is 5.69 Å². The summed E-state index contributed by atoms with van der Waals surface area (Å²) in [4.78, 5) is 10.3. The van der Waals surface area contributed by atoms with Gasteiger partial charge in [-0.25, -0.2) is 0 Å². The van der Waals surface area contributed by atoms with E-state index < -0.39 is 4.92 Å². The molecule has 0 aliphatic heterocycles. The maximum Gasteiger partial charge on any atom is 0.269 e. The van der Waals surface area contributed by atoms with Crippen LogP contribution in [0.15, 0.2) is 72.8 Å². The van der Waals surface area contributed by atoms with Crippen molar-refractivity contribution in [2.24, 2.45) is 0 Å². The number of aromatic amines is 1. The number of nitro benzene ring substituents is 1. The second-order valence-corrected chi connectivity index (χ2v) is 6.65. The summed E-state index contributed by atoms with van der Waals surface area (Å²) in [5, 5.41) is 17.9. The van der Waals surface area contributed by atoms with Crippen molar-refractivity contribution < 1.29 is 14.4 Å². The van der Waals surface area contributed by atoms with Crippen LogP contribution in [0, 0.1) is 14.9 Å². The van der Waals surface area contributed by atoms with Crippen molar-refractivity contribution in [1.82, 2.24) is 14.8 Å². The van der Waals surface area contributed by atoms with Gasteiger partial charge < -0.3 is 9.47 Å². The third kappa shape index (κ3) is 3.91. The van der Waals surface area contributed by atoms with Gasteiger partial charge in [-0.15, -0.1) is 0 Å². The molecule has 0 aliphatic carbocycles. The molecule has 0 saturated heterocycles. The number of benzene rings is 3. The Hall–Kier alpha value is -3.98. The van der Waals surface area contributed by atoms with E-state index in [9.17, 15) is 10.1 Å². The Morgan fingerprint density at radius 1 is 0.933 bits per heavy atom. The molecule has 4 rings (SSSR count). The zero-order valence-corrected chi connectivity index (χ0v) is 16.6. The summed E-state index contributed by atoms with van der Waals surface area (Å²) in [6.07, 6.45) is 0. The SMILES string of the molecule is COc1ccc(-c2n[nH]c(=S)n2-c2ccc(Oc3ccc([N+](=O)[O-])cc3)cc2)cc1. The summed E-state index contributed by atoms with van der Waals surface area (Å²) < 4.78 is 13.3. The van der Waals surface area contributed by atoms with E-state index in [1.165, 1.54) is 12.1 Å². The number of nitrogens with one attached hydrogen (secondary N) is 1. The molecule has 150 valence electrons. The molecule has 0 spiro atoms. The molecule has 0 atom stereocenters. The Kier molecular flexibility index (Phi) is 5.27. The number of non-ortho nitro benzene ring substituents is 1. The molecule has 1 aromatic heterocycles. The lowest BCUT2D eigenvalue weighted by atomic mass is 10.2. The van der Waals surface area contributed by atoms with Gasteiger partial charge in [0, 0.05) is 17.7 Å². The van der Waals surface area contributed by atoms with Crippen LogP contribution in [0.3, 0.4) is 0 Å². The molecular formula is C21H16N4O4S. The summed E-state index contributed by atoms with van der Waals surface area (Å²) in [6, 6.07) is 20.8. The number of rotatable bonds is 6. The zero-order valence-electron chi connectivity index (χ0n) is 15.8. The maximum atomic E-state index is 10.8. The average Bonchev–Trinajstić information content (AvgIpc) is 3.16. The summed E-state index contributed by atoms with van der Waals surface area (Å²) >= 11 is 5.41. The van der Waals surface area contributed by atoms with Crippen LogP contribution in [0.5, 0.6) is 17.2 Å². The van der Waals surface area contributed by atoms with Crippen LogP contribution in [0.25, 0.3) is 17.1 Å². The minimum Gasteiger partial charge on any atom is -0.497 e. The largest absolute Gasteiger partial charge is 0.497 e. The van der Waals surface area contributed by atoms with Crippen molar-refractivity contribution in [1.29, 1.82) is 0 Å². The summed E-state index contributed by atoms with van der Waals surface area (Å²) in [7, 11) is 1.62. The van der Waals surface area contributed by atoms with Crippen LogP contribution >= 0.6 is 12.2 Å². The predicted octanol–water partition coefficient (Wildman–Crippen LogP) is 5.31. The van der Waals surface area contributed by atoms with Crippen molar-refractivity contribution in [2.45, 2.75) is 0 Å². The Bertz CT molecular complexity index is 1230. The highest BCUT2D eigenvalue weighted by atomic mass is 32.1. The van der Waals surface area contributed by atoms with Gasteiger partial charge in [0.25, 0.3) is 5.69 Å². The van der Waals surface area contributed by atoms with Crippen molar-refractivity contribution in [3.63, 3.8) is 0 Å². The monoisotopic (exact) mass is 420 g/mol. The Morgan fingerprint density at radius 3 is 2.07 bits per heavy atom. The normalized spacial score (nSPS) is 10.6. The molecule has 0 radical (unpaired) electrons. The van der Waals surface area contributed by atoms with E-state index in [0.717, 1.165) is 17.0 Å². The average molecular weight is 420 g/mol. The Balaban J connectivity index is 1.59. The number of hydrogen-bond donors (Lipinski definition) is 1. The zero-order chi connectivity index (χ0) is 21.1. The molecule has 0 bridgehead atoms. The lowest BCUT2D eigenvalue weighted by molar-refractivity contribution is -0.384. The second kappa shape index (κ2) is 8.18. The lowest BCUT2D eigenvalue weighted by Crippen LogP contribution is -1.98. The molecule has 0 saturated carbocycles. The highest BCUT2D eigenvalue weighted by Gasteiger charge is 2.11. The van der Waals surface area contributed by atoms with Gasteiger partial charge in [0.2, 0.25) is 0 Å². The van der Waals surface area contributed by atoms with Gasteiger partial charge in [-0.2, -0.15) is 5.10 Å². The molecule has 1 N–H and O–H groups in total. The standard InChI is InChI=1S/C21H16N4O4S/c1-28-17-8-2-14(3-9-17)20-22-23-21(30)24(20)15-4-10-18(11-5-15)29-19-12-6-16(7-13-19)25(26)27/h2-13H,1H3,(H,23,30). The molecule has 30 heavy (non-hydrogen) atoms. The highest BCUT2D eigenvalue weighted by molar-refractivity contribution is 7.71.